The molecule has 8 heteroatoms. The van der Waals surface area contributed by atoms with E-state index in [1.165, 1.54) is 16.4 Å². The number of hydrogen-bond acceptors (Lipinski definition) is 5. The predicted molar refractivity (Wildman–Crippen MR) is 77.5 cm³/mol. The van der Waals surface area contributed by atoms with E-state index >= 15 is 0 Å². The summed E-state index contributed by atoms with van der Waals surface area (Å²) in [7, 11) is 1.73. The summed E-state index contributed by atoms with van der Waals surface area (Å²) in [5.74, 6) is 0.185. The molecule has 0 aliphatic heterocycles. The number of aryl methyl sites for hydroxylation is 1. The summed E-state index contributed by atoms with van der Waals surface area (Å²) in [6, 6.07) is 7.33. The molecule has 1 N–H and O–H groups in total. The van der Waals surface area contributed by atoms with Crippen LogP contribution in [0.25, 0.3) is 0 Å². The van der Waals surface area contributed by atoms with E-state index in [1.54, 1.807) is 13.1 Å². The zero-order chi connectivity index (χ0) is 14.5. The molecule has 2 aromatic rings. The lowest BCUT2D eigenvalue weighted by atomic mass is 10.1. The molecule has 0 fully saturated rings. The van der Waals surface area contributed by atoms with Gasteiger partial charge in [-0.15, -0.1) is 5.10 Å². The molecule has 106 valence electrons. The molecule has 1 heterocycles. The third kappa shape index (κ3) is 3.94. The minimum atomic E-state index is -0.0978. The van der Waals surface area contributed by atoms with Crippen molar-refractivity contribution in [3.05, 3.63) is 34.9 Å². The Hall–Kier alpha value is -1.60. The second-order valence-corrected chi connectivity index (χ2v) is 5.60. The third-order valence-electron chi connectivity index (χ3n) is 2.64. The monoisotopic (exact) mass is 311 g/mol. The molecule has 0 saturated carbocycles. The minimum absolute atomic E-state index is 0.0783. The van der Waals surface area contributed by atoms with Gasteiger partial charge in [0.25, 0.3) is 0 Å². The molecule has 1 aromatic carbocycles. The molecular weight excluding hydrogens is 298 g/mol. The Labute approximate surface area is 125 Å². The zero-order valence-corrected chi connectivity index (χ0v) is 12.6. The lowest BCUT2D eigenvalue weighted by Gasteiger charge is -2.14. The van der Waals surface area contributed by atoms with E-state index in [9.17, 15) is 4.79 Å². The summed E-state index contributed by atoms with van der Waals surface area (Å²) >= 11 is 7.22. The van der Waals surface area contributed by atoms with Crippen LogP contribution in [-0.2, 0) is 11.8 Å². The van der Waals surface area contributed by atoms with Crippen LogP contribution in [0.1, 0.15) is 18.5 Å². The Morgan fingerprint density at radius 2 is 2.35 bits per heavy atom. The first kappa shape index (κ1) is 14.8. The molecule has 0 radical (unpaired) electrons. The first-order valence-electron chi connectivity index (χ1n) is 5.96. The SMILES string of the molecule is C[C@H](NC(=O)CSc1nnnn1C)c1cccc(Cl)c1. The average molecular weight is 312 g/mol. The quantitative estimate of drug-likeness (QED) is 0.853. The Balaban J connectivity index is 1.87. The highest BCUT2D eigenvalue weighted by atomic mass is 35.5. The van der Waals surface area contributed by atoms with E-state index in [0.29, 0.717) is 10.2 Å². The number of tetrazole rings is 1. The van der Waals surface area contributed by atoms with Gasteiger partial charge in [0.05, 0.1) is 11.8 Å². The van der Waals surface area contributed by atoms with Crippen molar-refractivity contribution in [3.8, 4) is 0 Å². The molecule has 0 unspecified atom stereocenters. The van der Waals surface area contributed by atoms with Gasteiger partial charge in [-0.3, -0.25) is 4.79 Å². The maximum Gasteiger partial charge on any atom is 0.230 e. The van der Waals surface area contributed by atoms with E-state index < -0.39 is 0 Å². The largest absolute Gasteiger partial charge is 0.349 e. The van der Waals surface area contributed by atoms with Gasteiger partial charge in [0.15, 0.2) is 0 Å². The van der Waals surface area contributed by atoms with Crippen LogP contribution in [0.4, 0.5) is 0 Å². The molecule has 1 atom stereocenters. The minimum Gasteiger partial charge on any atom is -0.349 e. The van der Waals surface area contributed by atoms with E-state index in [1.807, 2.05) is 25.1 Å². The summed E-state index contributed by atoms with van der Waals surface area (Å²) in [6.07, 6.45) is 0. The predicted octanol–water partition coefficient (Wildman–Crippen LogP) is 1.83. The molecule has 2 rings (SSSR count). The maximum atomic E-state index is 11.9. The average Bonchev–Trinajstić information content (AvgIpc) is 2.82. The molecule has 6 nitrogen and oxygen atoms in total. The number of amides is 1. The van der Waals surface area contributed by atoms with Crippen molar-refractivity contribution < 1.29 is 4.79 Å². The van der Waals surface area contributed by atoms with Crippen LogP contribution >= 0.6 is 23.4 Å². The molecule has 1 amide bonds. The van der Waals surface area contributed by atoms with Crippen LogP contribution in [0, 0.1) is 0 Å². The number of aromatic nitrogens is 4. The fourth-order valence-electron chi connectivity index (χ4n) is 1.62. The second kappa shape index (κ2) is 6.71. The normalized spacial score (nSPS) is 12.2. The Bertz CT molecular complexity index is 603. The smallest absolute Gasteiger partial charge is 0.230 e. The van der Waals surface area contributed by atoms with Crippen LogP contribution in [0.15, 0.2) is 29.4 Å². The topological polar surface area (TPSA) is 72.7 Å². The van der Waals surface area contributed by atoms with Crippen LogP contribution in [0.2, 0.25) is 5.02 Å². The summed E-state index contributed by atoms with van der Waals surface area (Å²) in [4.78, 5) is 11.9. The Kier molecular flexibility index (Phi) is 4.97. The van der Waals surface area contributed by atoms with Crippen molar-refractivity contribution in [2.24, 2.45) is 7.05 Å². The van der Waals surface area contributed by atoms with Crippen LogP contribution in [0.5, 0.6) is 0 Å². The number of nitrogens with one attached hydrogen (secondary N) is 1. The number of thioether (sulfide) groups is 1. The van der Waals surface area contributed by atoms with Gasteiger partial charge in [0.1, 0.15) is 0 Å². The molecular formula is C12H14ClN5OS. The highest BCUT2D eigenvalue weighted by molar-refractivity contribution is 7.99. The van der Waals surface area contributed by atoms with E-state index in [0.717, 1.165) is 5.56 Å². The van der Waals surface area contributed by atoms with Gasteiger partial charge in [-0.05, 0) is 35.0 Å². The molecule has 20 heavy (non-hydrogen) atoms. The summed E-state index contributed by atoms with van der Waals surface area (Å²) in [5, 5.41) is 15.2. The number of halogens is 1. The van der Waals surface area contributed by atoms with Crippen molar-refractivity contribution in [2.75, 3.05) is 5.75 Å². The van der Waals surface area contributed by atoms with Crippen molar-refractivity contribution in [3.63, 3.8) is 0 Å². The number of hydrogen-bond donors (Lipinski definition) is 1. The molecule has 0 spiro atoms. The number of rotatable bonds is 5. The van der Waals surface area contributed by atoms with Gasteiger partial charge in [0.2, 0.25) is 11.1 Å². The van der Waals surface area contributed by atoms with Crippen LogP contribution in [-0.4, -0.2) is 31.9 Å². The van der Waals surface area contributed by atoms with Gasteiger partial charge in [-0.25, -0.2) is 4.68 Å². The number of carbonyl (C=O) groups excluding carboxylic acids is 1. The number of nitrogens with zero attached hydrogens (tertiary/aromatic N) is 4. The highest BCUT2D eigenvalue weighted by Crippen LogP contribution is 2.18. The zero-order valence-electron chi connectivity index (χ0n) is 11.1. The van der Waals surface area contributed by atoms with E-state index in [-0.39, 0.29) is 17.7 Å². The molecule has 0 saturated heterocycles. The Morgan fingerprint density at radius 1 is 1.55 bits per heavy atom. The van der Waals surface area contributed by atoms with Crippen molar-refractivity contribution >= 4 is 29.3 Å². The Morgan fingerprint density at radius 3 is 3.00 bits per heavy atom. The van der Waals surface area contributed by atoms with E-state index in [2.05, 4.69) is 20.8 Å². The number of carbonyl (C=O) groups is 1. The molecule has 0 bridgehead atoms. The van der Waals surface area contributed by atoms with Crippen molar-refractivity contribution in [1.82, 2.24) is 25.5 Å². The summed E-state index contributed by atoms with van der Waals surface area (Å²) < 4.78 is 1.53. The standard InChI is InChI=1S/C12H14ClN5OS/c1-8(9-4-3-5-10(13)6-9)14-11(19)7-20-12-15-16-17-18(12)2/h3-6,8H,7H2,1-2H3,(H,14,19)/t8-/m0/s1. The molecule has 0 aliphatic rings. The fourth-order valence-corrected chi connectivity index (χ4v) is 2.48. The van der Waals surface area contributed by atoms with Crippen molar-refractivity contribution in [1.29, 1.82) is 0 Å². The fraction of sp³-hybridized carbons (Fsp3) is 0.333. The number of benzene rings is 1. The maximum absolute atomic E-state index is 11.9. The van der Waals surface area contributed by atoms with Gasteiger partial charge in [0, 0.05) is 12.1 Å². The summed E-state index contributed by atoms with van der Waals surface area (Å²) in [6.45, 7) is 1.91. The lowest BCUT2D eigenvalue weighted by Crippen LogP contribution is -2.28. The molecule has 0 aliphatic carbocycles. The third-order valence-corrected chi connectivity index (χ3v) is 3.89. The first-order valence-corrected chi connectivity index (χ1v) is 7.32. The first-order chi connectivity index (χ1) is 9.56. The second-order valence-electron chi connectivity index (χ2n) is 4.22. The van der Waals surface area contributed by atoms with Crippen molar-refractivity contribution in [2.45, 2.75) is 18.1 Å². The lowest BCUT2D eigenvalue weighted by molar-refractivity contribution is -0.119. The van der Waals surface area contributed by atoms with Gasteiger partial charge < -0.3 is 5.32 Å². The van der Waals surface area contributed by atoms with Gasteiger partial charge in [-0.1, -0.05) is 35.5 Å². The van der Waals surface area contributed by atoms with Crippen LogP contribution in [0.3, 0.4) is 0 Å². The summed E-state index contributed by atoms with van der Waals surface area (Å²) in [5.41, 5.74) is 0.969. The van der Waals surface area contributed by atoms with Gasteiger partial charge >= 0.3 is 0 Å². The van der Waals surface area contributed by atoms with E-state index in [4.69, 9.17) is 11.6 Å². The van der Waals surface area contributed by atoms with Crippen LogP contribution < -0.4 is 5.32 Å². The van der Waals surface area contributed by atoms with Gasteiger partial charge in [-0.2, -0.15) is 0 Å². The highest BCUT2D eigenvalue weighted by Gasteiger charge is 2.12. The molecule has 1 aromatic heterocycles.